The van der Waals surface area contributed by atoms with Crippen LogP contribution in [-0.4, -0.2) is 24.4 Å². The Morgan fingerprint density at radius 2 is 1.83 bits per heavy atom. The second-order valence-corrected chi connectivity index (χ2v) is 5.98. The van der Waals surface area contributed by atoms with Crippen LogP contribution in [0.3, 0.4) is 0 Å². The molecule has 5 nitrogen and oxygen atoms in total. The number of ether oxygens (including phenoxy) is 1. The summed E-state index contributed by atoms with van der Waals surface area (Å²) in [5, 5.41) is 0. The molecule has 1 aliphatic carbocycles. The highest BCUT2D eigenvalue weighted by atomic mass is 16.5. The molecule has 1 saturated heterocycles. The molecule has 0 bridgehead atoms. The van der Waals surface area contributed by atoms with Crippen molar-refractivity contribution in [1.29, 1.82) is 0 Å². The van der Waals surface area contributed by atoms with Gasteiger partial charge in [0.2, 0.25) is 11.8 Å². The Labute approximate surface area is 134 Å². The number of carbonyl (C=O) groups is 3. The third kappa shape index (κ3) is 2.67. The van der Waals surface area contributed by atoms with Gasteiger partial charge < -0.3 is 4.74 Å². The van der Waals surface area contributed by atoms with E-state index in [0.29, 0.717) is 30.7 Å². The standard InChI is InChI=1S/C18H19NO4/c1-3-23-18(22)12-5-7-13(8-6-12)19-16(20)14-9-4-11(2)10-15(14)17(19)21/h4-8,14-15H,3,9-10H2,1-2H3/t14-,15+/m1/s1. The summed E-state index contributed by atoms with van der Waals surface area (Å²) >= 11 is 0. The molecule has 0 spiro atoms. The van der Waals surface area contributed by atoms with E-state index in [1.807, 2.05) is 13.0 Å². The maximum Gasteiger partial charge on any atom is 0.338 e. The van der Waals surface area contributed by atoms with Crippen molar-refractivity contribution in [3.05, 3.63) is 41.5 Å². The predicted octanol–water partition coefficient (Wildman–Crippen LogP) is 2.71. The highest BCUT2D eigenvalue weighted by Gasteiger charge is 2.48. The third-order valence-corrected chi connectivity index (χ3v) is 4.46. The van der Waals surface area contributed by atoms with Gasteiger partial charge in [0, 0.05) is 0 Å². The first-order chi connectivity index (χ1) is 11.0. The number of hydrogen-bond donors (Lipinski definition) is 0. The number of nitrogens with zero attached hydrogens (tertiary/aromatic N) is 1. The monoisotopic (exact) mass is 313 g/mol. The van der Waals surface area contributed by atoms with E-state index >= 15 is 0 Å². The lowest BCUT2D eigenvalue weighted by atomic mass is 9.82. The quantitative estimate of drug-likeness (QED) is 0.489. The average molecular weight is 313 g/mol. The van der Waals surface area contributed by atoms with E-state index in [-0.39, 0.29) is 23.7 Å². The summed E-state index contributed by atoms with van der Waals surface area (Å²) in [7, 11) is 0. The fourth-order valence-corrected chi connectivity index (χ4v) is 3.25. The Kier molecular flexibility index (Phi) is 4.03. The molecule has 0 saturated carbocycles. The fourth-order valence-electron chi connectivity index (χ4n) is 3.25. The van der Waals surface area contributed by atoms with Gasteiger partial charge in [-0.25, -0.2) is 4.79 Å². The average Bonchev–Trinajstić information content (AvgIpc) is 2.79. The van der Waals surface area contributed by atoms with E-state index in [9.17, 15) is 14.4 Å². The summed E-state index contributed by atoms with van der Waals surface area (Å²) in [5.41, 5.74) is 2.08. The number of amides is 2. The van der Waals surface area contributed by atoms with Crippen LogP contribution in [0, 0.1) is 11.8 Å². The topological polar surface area (TPSA) is 63.7 Å². The maximum absolute atomic E-state index is 12.6. The molecule has 0 aromatic heterocycles. The molecule has 1 aliphatic heterocycles. The minimum Gasteiger partial charge on any atom is -0.462 e. The van der Waals surface area contributed by atoms with Gasteiger partial charge in [-0.2, -0.15) is 0 Å². The Morgan fingerprint density at radius 3 is 2.48 bits per heavy atom. The van der Waals surface area contributed by atoms with Crippen LogP contribution in [0.4, 0.5) is 5.69 Å². The molecule has 120 valence electrons. The van der Waals surface area contributed by atoms with Crippen molar-refractivity contribution >= 4 is 23.5 Å². The summed E-state index contributed by atoms with van der Waals surface area (Å²) in [6, 6.07) is 6.41. The van der Waals surface area contributed by atoms with Crippen LogP contribution in [0.5, 0.6) is 0 Å². The minimum atomic E-state index is -0.411. The molecular formula is C18H19NO4. The molecule has 3 rings (SSSR count). The first-order valence-corrected chi connectivity index (χ1v) is 7.83. The second kappa shape index (κ2) is 5.99. The number of fused-ring (bicyclic) bond motifs is 1. The molecule has 2 amide bonds. The maximum atomic E-state index is 12.6. The van der Waals surface area contributed by atoms with Crippen LogP contribution in [0.25, 0.3) is 0 Å². The second-order valence-electron chi connectivity index (χ2n) is 5.98. The molecule has 1 heterocycles. The van der Waals surface area contributed by atoms with Gasteiger partial charge in [0.25, 0.3) is 0 Å². The SMILES string of the molecule is CCOC(=O)c1ccc(N2C(=O)[C@H]3CC(C)=CC[C@H]3C2=O)cc1. The number of anilines is 1. The van der Waals surface area contributed by atoms with Gasteiger partial charge >= 0.3 is 5.97 Å². The highest BCUT2D eigenvalue weighted by Crippen LogP contribution is 2.39. The van der Waals surface area contributed by atoms with Gasteiger partial charge in [-0.05, 0) is 51.0 Å². The lowest BCUT2D eigenvalue weighted by Gasteiger charge is -2.18. The summed E-state index contributed by atoms with van der Waals surface area (Å²) < 4.78 is 4.93. The smallest absolute Gasteiger partial charge is 0.338 e. The Bertz CT molecular complexity index is 689. The zero-order valence-corrected chi connectivity index (χ0v) is 13.2. The predicted molar refractivity (Wildman–Crippen MR) is 84.9 cm³/mol. The molecule has 0 radical (unpaired) electrons. The molecular weight excluding hydrogens is 294 g/mol. The van der Waals surface area contributed by atoms with Gasteiger partial charge in [0.1, 0.15) is 0 Å². The van der Waals surface area contributed by atoms with E-state index in [4.69, 9.17) is 4.74 Å². The number of hydrogen-bond acceptors (Lipinski definition) is 4. The number of esters is 1. The number of imide groups is 1. The van der Waals surface area contributed by atoms with Gasteiger partial charge in [0.15, 0.2) is 0 Å². The van der Waals surface area contributed by atoms with Crippen LogP contribution in [-0.2, 0) is 14.3 Å². The van der Waals surface area contributed by atoms with Gasteiger partial charge in [-0.1, -0.05) is 11.6 Å². The van der Waals surface area contributed by atoms with Crippen molar-refractivity contribution < 1.29 is 19.1 Å². The summed E-state index contributed by atoms with van der Waals surface area (Å²) in [6.45, 7) is 4.04. The number of benzene rings is 1. The van der Waals surface area contributed by atoms with Gasteiger partial charge in [0.05, 0.1) is 29.7 Å². The third-order valence-electron chi connectivity index (χ3n) is 4.46. The first kappa shape index (κ1) is 15.5. The summed E-state index contributed by atoms with van der Waals surface area (Å²) in [6.07, 6.45) is 3.31. The van der Waals surface area contributed by atoms with Crippen molar-refractivity contribution in [2.24, 2.45) is 11.8 Å². The van der Waals surface area contributed by atoms with Gasteiger partial charge in [-0.3, -0.25) is 14.5 Å². The summed E-state index contributed by atoms with van der Waals surface area (Å²) in [5.74, 6) is -1.20. The van der Waals surface area contributed by atoms with Gasteiger partial charge in [-0.15, -0.1) is 0 Å². The molecule has 0 unspecified atom stereocenters. The highest BCUT2D eigenvalue weighted by molar-refractivity contribution is 6.22. The van der Waals surface area contributed by atoms with Crippen LogP contribution >= 0.6 is 0 Å². The molecule has 2 aliphatic rings. The Balaban J connectivity index is 1.84. The Hall–Kier alpha value is -2.43. The normalized spacial score (nSPS) is 23.6. The number of rotatable bonds is 3. The molecule has 0 N–H and O–H groups in total. The largest absolute Gasteiger partial charge is 0.462 e. The summed E-state index contributed by atoms with van der Waals surface area (Å²) in [4.78, 5) is 38.1. The van der Waals surface area contributed by atoms with Crippen molar-refractivity contribution in [3.8, 4) is 0 Å². The van der Waals surface area contributed by atoms with E-state index < -0.39 is 5.97 Å². The molecule has 5 heteroatoms. The fraction of sp³-hybridized carbons (Fsp3) is 0.389. The molecule has 2 atom stereocenters. The van der Waals surface area contributed by atoms with Crippen molar-refractivity contribution in [3.63, 3.8) is 0 Å². The van der Waals surface area contributed by atoms with E-state index in [0.717, 1.165) is 5.57 Å². The van der Waals surface area contributed by atoms with E-state index in [2.05, 4.69) is 0 Å². The van der Waals surface area contributed by atoms with Crippen LogP contribution in [0.1, 0.15) is 37.0 Å². The molecule has 1 aromatic carbocycles. The molecule has 1 aromatic rings. The van der Waals surface area contributed by atoms with Crippen LogP contribution < -0.4 is 4.90 Å². The van der Waals surface area contributed by atoms with Crippen molar-refractivity contribution in [1.82, 2.24) is 0 Å². The van der Waals surface area contributed by atoms with Crippen molar-refractivity contribution in [2.45, 2.75) is 26.7 Å². The van der Waals surface area contributed by atoms with E-state index in [1.54, 1.807) is 31.2 Å². The lowest BCUT2D eigenvalue weighted by molar-refractivity contribution is -0.122. The zero-order valence-electron chi connectivity index (χ0n) is 13.2. The minimum absolute atomic E-state index is 0.142. The van der Waals surface area contributed by atoms with Crippen molar-refractivity contribution in [2.75, 3.05) is 11.5 Å². The lowest BCUT2D eigenvalue weighted by Crippen LogP contribution is -2.30. The number of allylic oxidation sites excluding steroid dienone is 2. The Morgan fingerprint density at radius 1 is 1.17 bits per heavy atom. The van der Waals surface area contributed by atoms with Crippen LogP contribution in [0.15, 0.2) is 35.9 Å². The van der Waals surface area contributed by atoms with E-state index in [1.165, 1.54) is 4.90 Å². The molecule has 1 fully saturated rings. The number of carbonyl (C=O) groups excluding carboxylic acids is 3. The first-order valence-electron chi connectivity index (χ1n) is 7.83. The zero-order chi connectivity index (χ0) is 16.6. The molecule has 23 heavy (non-hydrogen) atoms. The van der Waals surface area contributed by atoms with Crippen LogP contribution in [0.2, 0.25) is 0 Å².